The number of methoxy groups -OCH3 is 1. The molecular weight excluding hydrogens is 366 g/mol. The molecule has 3 rings (SSSR count). The Hall–Kier alpha value is -1.77. The molecule has 1 saturated carbocycles. The average Bonchev–Trinajstić information content (AvgIpc) is 2.99. The van der Waals surface area contributed by atoms with Crippen LogP contribution >= 0.6 is 11.3 Å². The van der Waals surface area contributed by atoms with E-state index in [1.807, 2.05) is 0 Å². The molecule has 1 aliphatic carbocycles. The zero-order chi connectivity index (χ0) is 19.4. The highest BCUT2D eigenvalue weighted by atomic mass is 32.1. The van der Waals surface area contributed by atoms with E-state index in [0.717, 1.165) is 0 Å². The SMILES string of the molecule is COCCOC(=O)c1sc2nc(CN(C)C3CCCCC3)[nH]c(=O)c2c1C. The van der Waals surface area contributed by atoms with Crippen LogP contribution in [0.4, 0.5) is 0 Å². The minimum Gasteiger partial charge on any atom is -0.459 e. The molecule has 1 fully saturated rings. The molecule has 0 saturated heterocycles. The number of nitrogens with zero attached hydrogens (tertiary/aromatic N) is 2. The molecule has 7 nitrogen and oxygen atoms in total. The van der Waals surface area contributed by atoms with Gasteiger partial charge >= 0.3 is 5.97 Å². The fourth-order valence-corrected chi connectivity index (χ4v) is 4.72. The van der Waals surface area contributed by atoms with E-state index < -0.39 is 5.97 Å². The van der Waals surface area contributed by atoms with Crippen LogP contribution in [0.5, 0.6) is 0 Å². The van der Waals surface area contributed by atoms with E-state index >= 15 is 0 Å². The van der Waals surface area contributed by atoms with Gasteiger partial charge in [0.15, 0.2) is 0 Å². The third-order valence-corrected chi connectivity index (χ3v) is 6.32. The largest absolute Gasteiger partial charge is 0.459 e. The minimum atomic E-state index is -0.437. The van der Waals surface area contributed by atoms with Gasteiger partial charge in [0.05, 0.1) is 18.5 Å². The fourth-order valence-electron chi connectivity index (χ4n) is 3.63. The smallest absolute Gasteiger partial charge is 0.348 e. The lowest BCUT2D eigenvalue weighted by Crippen LogP contribution is -2.34. The molecule has 27 heavy (non-hydrogen) atoms. The van der Waals surface area contributed by atoms with Gasteiger partial charge in [-0.15, -0.1) is 11.3 Å². The maximum atomic E-state index is 12.6. The topological polar surface area (TPSA) is 84.5 Å². The van der Waals surface area contributed by atoms with E-state index in [1.165, 1.54) is 43.4 Å². The first-order valence-corrected chi connectivity index (χ1v) is 10.2. The molecule has 2 heterocycles. The van der Waals surface area contributed by atoms with Crippen molar-refractivity contribution in [1.82, 2.24) is 14.9 Å². The average molecular weight is 394 g/mol. The molecule has 0 atom stereocenters. The number of nitrogens with one attached hydrogen (secondary N) is 1. The summed E-state index contributed by atoms with van der Waals surface area (Å²) >= 11 is 1.22. The van der Waals surface area contributed by atoms with Crippen LogP contribution in [-0.2, 0) is 16.0 Å². The highest BCUT2D eigenvalue weighted by Gasteiger charge is 2.22. The standard InChI is InChI=1S/C19H27N3O4S/c1-12-15-17(23)20-14(11-22(2)13-7-5-4-6-8-13)21-18(15)27-16(12)19(24)26-10-9-25-3/h13H,4-11H2,1-3H3,(H,20,21,23). The van der Waals surface area contributed by atoms with Crippen molar-refractivity contribution >= 4 is 27.5 Å². The van der Waals surface area contributed by atoms with E-state index in [1.54, 1.807) is 14.0 Å². The number of aryl methyl sites for hydroxylation is 1. The van der Waals surface area contributed by atoms with Crippen molar-refractivity contribution in [3.8, 4) is 0 Å². The predicted octanol–water partition coefficient (Wildman–Crippen LogP) is 2.86. The van der Waals surface area contributed by atoms with Gasteiger partial charge in [-0.3, -0.25) is 9.69 Å². The van der Waals surface area contributed by atoms with Crippen molar-refractivity contribution < 1.29 is 14.3 Å². The number of esters is 1. The van der Waals surface area contributed by atoms with Crippen LogP contribution in [-0.4, -0.2) is 54.3 Å². The number of carbonyl (C=O) groups excluding carboxylic acids is 1. The Bertz CT molecular complexity index is 854. The fraction of sp³-hybridized carbons (Fsp3) is 0.632. The molecule has 0 bridgehead atoms. The van der Waals surface area contributed by atoms with Crippen molar-refractivity contribution in [2.24, 2.45) is 0 Å². The number of hydrogen-bond acceptors (Lipinski definition) is 7. The van der Waals surface area contributed by atoms with Gasteiger partial charge in [0, 0.05) is 13.2 Å². The monoisotopic (exact) mass is 393 g/mol. The van der Waals surface area contributed by atoms with Crippen LogP contribution in [0.2, 0.25) is 0 Å². The molecular formula is C19H27N3O4S. The summed E-state index contributed by atoms with van der Waals surface area (Å²) in [4.78, 5) is 35.7. The Labute approximate surface area is 162 Å². The minimum absolute atomic E-state index is 0.185. The summed E-state index contributed by atoms with van der Waals surface area (Å²) in [5.74, 6) is 0.203. The van der Waals surface area contributed by atoms with Crippen LogP contribution < -0.4 is 5.56 Å². The molecule has 0 aromatic carbocycles. The Morgan fingerprint density at radius 2 is 2.04 bits per heavy atom. The van der Waals surface area contributed by atoms with E-state index in [4.69, 9.17) is 9.47 Å². The molecule has 2 aromatic rings. The van der Waals surface area contributed by atoms with Gasteiger partial charge in [0.25, 0.3) is 5.56 Å². The molecule has 1 aliphatic rings. The number of carbonyl (C=O) groups is 1. The van der Waals surface area contributed by atoms with Crippen LogP contribution in [0, 0.1) is 6.92 Å². The van der Waals surface area contributed by atoms with Crippen LogP contribution in [0.15, 0.2) is 4.79 Å². The van der Waals surface area contributed by atoms with Crippen molar-refractivity contribution in [2.45, 2.75) is 51.6 Å². The lowest BCUT2D eigenvalue weighted by molar-refractivity contribution is 0.0393. The van der Waals surface area contributed by atoms with Gasteiger partial charge in [0.2, 0.25) is 0 Å². The number of aromatic nitrogens is 2. The van der Waals surface area contributed by atoms with Crippen molar-refractivity contribution in [3.05, 3.63) is 26.6 Å². The van der Waals surface area contributed by atoms with Gasteiger partial charge in [0.1, 0.15) is 22.1 Å². The quantitative estimate of drug-likeness (QED) is 0.575. The number of H-pyrrole nitrogens is 1. The maximum Gasteiger partial charge on any atom is 0.348 e. The zero-order valence-electron chi connectivity index (χ0n) is 16.2. The Morgan fingerprint density at radius 1 is 1.30 bits per heavy atom. The predicted molar refractivity (Wildman–Crippen MR) is 105 cm³/mol. The summed E-state index contributed by atoms with van der Waals surface area (Å²) < 4.78 is 10.1. The van der Waals surface area contributed by atoms with E-state index in [-0.39, 0.29) is 12.2 Å². The normalized spacial score (nSPS) is 15.6. The zero-order valence-corrected chi connectivity index (χ0v) is 17.0. The van der Waals surface area contributed by atoms with E-state index in [2.05, 4.69) is 21.9 Å². The first-order valence-electron chi connectivity index (χ1n) is 9.40. The van der Waals surface area contributed by atoms with Crippen LogP contribution in [0.1, 0.15) is 53.2 Å². The van der Waals surface area contributed by atoms with Crippen LogP contribution in [0.3, 0.4) is 0 Å². The summed E-state index contributed by atoms with van der Waals surface area (Å²) in [5, 5.41) is 0.475. The van der Waals surface area contributed by atoms with Crippen LogP contribution in [0.25, 0.3) is 10.2 Å². The number of thiophene rings is 1. The number of rotatable bonds is 7. The third kappa shape index (κ3) is 4.56. The number of fused-ring (bicyclic) bond motifs is 1. The first-order chi connectivity index (χ1) is 13.0. The molecule has 0 spiro atoms. The van der Waals surface area contributed by atoms with Gasteiger partial charge in [-0.1, -0.05) is 19.3 Å². The summed E-state index contributed by atoms with van der Waals surface area (Å²) in [5.41, 5.74) is 0.426. The lowest BCUT2D eigenvalue weighted by Gasteiger charge is -2.30. The number of hydrogen-bond donors (Lipinski definition) is 1. The Kier molecular flexibility index (Phi) is 6.62. The second-order valence-electron chi connectivity index (χ2n) is 7.08. The first kappa shape index (κ1) is 20.0. The molecule has 1 N–H and O–H groups in total. The van der Waals surface area contributed by atoms with E-state index in [9.17, 15) is 9.59 Å². The number of aromatic amines is 1. The molecule has 0 aliphatic heterocycles. The second kappa shape index (κ2) is 8.95. The molecule has 0 amide bonds. The summed E-state index contributed by atoms with van der Waals surface area (Å²) in [6.45, 7) is 2.88. The van der Waals surface area contributed by atoms with E-state index in [0.29, 0.717) is 45.7 Å². The highest BCUT2D eigenvalue weighted by molar-refractivity contribution is 7.20. The highest BCUT2D eigenvalue weighted by Crippen LogP contribution is 2.28. The Balaban J connectivity index is 1.81. The number of ether oxygens (including phenoxy) is 2. The molecule has 0 radical (unpaired) electrons. The molecule has 2 aromatic heterocycles. The van der Waals surface area contributed by atoms with Crippen molar-refractivity contribution in [2.75, 3.05) is 27.4 Å². The van der Waals surface area contributed by atoms with Gasteiger partial charge < -0.3 is 14.5 Å². The van der Waals surface area contributed by atoms with Crippen molar-refractivity contribution in [3.63, 3.8) is 0 Å². The summed E-state index contributed by atoms with van der Waals surface area (Å²) in [7, 11) is 3.63. The Morgan fingerprint density at radius 3 is 2.74 bits per heavy atom. The molecule has 148 valence electrons. The van der Waals surface area contributed by atoms with Gasteiger partial charge in [-0.25, -0.2) is 9.78 Å². The third-order valence-electron chi connectivity index (χ3n) is 5.15. The van der Waals surface area contributed by atoms with Gasteiger partial charge in [-0.2, -0.15) is 0 Å². The molecule has 0 unspecified atom stereocenters. The second-order valence-corrected chi connectivity index (χ2v) is 8.08. The van der Waals surface area contributed by atoms with Crippen molar-refractivity contribution in [1.29, 1.82) is 0 Å². The summed E-state index contributed by atoms with van der Waals surface area (Å²) in [6.07, 6.45) is 6.22. The molecule has 8 heteroatoms. The maximum absolute atomic E-state index is 12.6. The summed E-state index contributed by atoms with van der Waals surface area (Å²) in [6, 6.07) is 0.538. The lowest BCUT2D eigenvalue weighted by atomic mass is 9.94. The van der Waals surface area contributed by atoms with Gasteiger partial charge in [-0.05, 0) is 32.4 Å².